The first kappa shape index (κ1) is 93.6. The van der Waals surface area contributed by atoms with Gasteiger partial charge in [-0.05, 0) is 180 Å². The van der Waals surface area contributed by atoms with Crippen LogP contribution in [0.3, 0.4) is 0 Å². The Morgan fingerprint density at radius 2 is 0.787 bits per heavy atom. The summed E-state index contributed by atoms with van der Waals surface area (Å²) in [5.41, 5.74) is 36.4. The number of likely N-dealkylation sites (N-methyl/N-ethyl adjacent to an activating group) is 2. The summed E-state index contributed by atoms with van der Waals surface area (Å²) in [7, 11) is 16.1. The molecule has 2 aliphatic rings. The SMILES string of the molecule is C.CN(C)c1ccc(N)cc1.CN(C)c1ccc([N+](=O)[O-])cc1.CO.COc1ccc(C)cc1N.COc1ccc(C)cc1[N+](=O)[O-].Cc1ccc(N)cc1N1CCN(C)CC1.Cc1ccc(O)c([N+](=O)[O-])c1.Cc1ccc([N+](=O)[O-])cc1N1CCN(C)CC1.Cc1ccccc1N.O=[N+]([O-])c1ccc(F)cc1.[HH].[HH].[HH]. The van der Waals surface area contributed by atoms with Gasteiger partial charge in [-0.2, -0.15) is 0 Å². The number of aryl methyl sites for hydroxylation is 6. The van der Waals surface area contributed by atoms with Crippen LogP contribution >= 0.6 is 0 Å². The summed E-state index contributed by atoms with van der Waals surface area (Å²) in [6.45, 7) is 20.0. The zero-order valence-electron chi connectivity index (χ0n) is 63.5. The molecule has 2 fully saturated rings. The van der Waals surface area contributed by atoms with Crippen LogP contribution in [-0.4, -0.2) is 161 Å². The first-order chi connectivity index (χ1) is 50.5. The Morgan fingerprint density at radius 3 is 1.18 bits per heavy atom. The Morgan fingerprint density at radius 1 is 0.417 bits per heavy atom. The number of non-ortho nitro benzene ring substituents is 3. The van der Waals surface area contributed by atoms with Crippen molar-refractivity contribution in [1.29, 1.82) is 0 Å². The van der Waals surface area contributed by atoms with E-state index < -0.39 is 25.5 Å². The first-order valence-electron chi connectivity index (χ1n) is 33.3. The van der Waals surface area contributed by atoms with Crippen molar-refractivity contribution in [3.8, 4) is 17.2 Å². The molecule has 0 aliphatic carbocycles. The molecule has 2 aliphatic heterocycles. The number of para-hydroxylation sites is 1. The van der Waals surface area contributed by atoms with Crippen molar-refractivity contribution in [3.05, 3.63) is 278 Å². The number of aliphatic hydroxyl groups is 1. The van der Waals surface area contributed by atoms with Crippen molar-refractivity contribution in [3.63, 3.8) is 0 Å². The number of phenolic OH excluding ortho intramolecular Hbond substituents is 1. The summed E-state index contributed by atoms with van der Waals surface area (Å²) in [6, 6.07) is 52.4. The normalized spacial score (nSPS) is 11.6. The number of phenols is 1. The van der Waals surface area contributed by atoms with E-state index in [1.54, 1.807) is 63.4 Å². The van der Waals surface area contributed by atoms with Crippen molar-refractivity contribution < 1.29 is 53.0 Å². The van der Waals surface area contributed by atoms with Crippen molar-refractivity contribution in [2.24, 2.45) is 0 Å². The Labute approximate surface area is 636 Å². The summed E-state index contributed by atoms with van der Waals surface area (Å²) in [5, 5.41) is 67.7. The Bertz CT molecular complexity index is 4220. The quantitative estimate of drug-likeness (QED) is 0.0398. The molecule has 9 aromatic rings. The minimum atomic E-state index is -0.609. The molecule has 9 aromatic carbocycles. The highest BCUT2D eigenvalue weighted by atomic mass is 19.1. The highest BCUT2D eigenvalue weighted by Crippen LogP contribution is 2.30. The predicted octanol–water partition coefficient (Wildman–Crippen LogP) is 15.4. The van der Waals surface area contributed by atoms with E-state index in [4.69, 9.17) is 42.6 Å². The van der Waals surface area contributed by atoms with Gasteiger partial charge in [-0.15, -0.1) is 0 Å². The van der Waals surface area contributed by atoms with Crippen molar-refractivity contribution in [1.82, 2.24) is 9.80 Å². The number of rotatable bonds is 11. The lowest BCUT2D eigenvalue weighted by Gasteiger charge is -2.35. The molecule has 0 radical (unpaired) electrons. The number of nitrogen functional groups attached to an aromatic ring is 4. The van der Waals surface area contributed by atoms with Gasteiger partial charge in [0.2, 0.25) is 0 Å². The number of piperazine rings is 2. The van der Waals surface area contributed by atoms with E-state index >= 15 is 0 Å². The average Bonchev–Trinajstić information content (AvgIpc) is 0.835. The Hall–Kier alpha value is -12.4. The van der Waals surface area contributed by atoms with Gasteiger partial charge in [0.25, 0.3) is 17.1 Å². The standard InChI is InChI=1S/C12H17N3O2.C12H19N3.C8H10N2O2.C8H12N2.C8H9NO3.C8H11NO.C7H7NO3.C7H9N.C6H4FNO2.CH4O.CH4.3H2/c1-10-3-4-11(15(16)17)9-12(10)14-7-5-13(2)6-8-14;1-10-3-4-11(13)9-12(10)15-7-5-14(2)6-8-15;1-9(2)7-3-5-8(6-4-7)10(11)12;1-10(2)8-5-3-7(9)4-6-8;1-6-3-4-8(12-2)7(5-6)9(10)11;1-6-3-4-8(10-2)7(9)5-6;1-5-2-3-7(9)6(4-5)8(10)11;1-6-4-2-3-5-7(6)8;7-5-1-3-6(4-2-5)8(9)10;1-2;;;;/h3-4,9H,5-8H2,1-2H3;3-4,9H,5-8,13H2,1-2H3;3-6H,1-2H3;3-6H,9H2,1-2H3;3-5H,1-2H3;3-5H,9H2,1-2H3;2-4,9H,1H3;2-5H,8H2,1H3;1-4H;2H,1H3;1H4;3*1H. The zero-order chi connectivity index (χ0) is 80.6. The van der Waals surface area contributed by atoms with Crippen LogP contribution in [0.2, 0.25) is 0 Å². The average molecular weight is 1500 g/mol. The lowest BCUT2D eigenvalue weighted by molar-refractivity contribution is -0.386. The predicted molar refractivity (Wildman–Crippen MR) is 441 cm³/mol. The van der Waals surface area contributed by atoms with Gasteiger partial charge in [-0.1, -0.05) is 56.0 Å². The summed E-state index contributed by atoms with van der Waals surface area (Å²) in [4.78, 5) is 62.6. The fourth-order valence-corrected chi connectivity index (χ4v) is 9.48. The number of anilines is 8. The molecule has 0 atom stereocenters. The number of nitrogens with zero attached hydrogens (tertiary/aromatic N) is 11. The molecule has 2 heterocycles. The van der Waals surface area contributed by atoms with Crippen LogP contribution in [0.25, 0.3) is 0 Å². The summed E-state index contributed by atoms with van der Waals surface area (Å²) in [5.74, 6) is 0.280. The molecule has 0 unspecified atom stereocenters. The lowest BCUT2D eigenvalue weighted by atomic mass is 10.1. The Balaban J connectivity index is -0.00000118. The van der Waals surface area contributed by atoms with Gasteiger partial charge < -0.3 is 72.0 Å². The number of aromatic hydroxyl groups is 1. The van der Waals surface area contributed by atoms with Crippen LogP contribution in [0.1, 0.15) is 45.1 Å². The maximum absolute atomic E-state index is 12.1. The molecule has 30 heteroatoms. The van der Waals surface area contributed by atoms with Crippen LogP contribution < -0.4 is 52.0 Å². The molecular weight excluding hydrogens is 1390 g/mol. The fraction of sp³-hybridized carbons (Fsp3) is 0.308. The maximum atomic E-state index is 12.1. The molecule has 0 spiro atoms. The molecule has 10 N–H and O–H groups in total. The Kier molecular flexibility index (Phi) is 42.1. The van der Waals surface area contributed by atoms with Gasteiger partial charge in [0.15, 0.2) is 11.5 Å². The van der Waals surface area contributed by atoms with Crippen molar-refractivity contribution >= 4 is 73.9 Å². The number of aliphatic hydroxyl groups excluding tert-OH is 1. The minimum Gasteiger partial charge on any atom is -0.502 e. The largest absolute Gasteiger partial charge is 0.502 e. The highest BCUT2D eigenvalue weighted by Gasteiger charge is 2.20. The highest BCUT2D eigenvalue weighted by molar-refractivity contribution is 5.62. The van der Waals surface area contributed by atoms with Gasteiger partial charge in [0, 0.05) is 180 Å². The maximum Gasteiger partial charge on any atom is 0.311 e. The molecule has 590 valence electrons. The van der Waals surface area contributed by atoms with Crippen LogP contribution in [0.5, 0.6) is 17.2 Å². The molecule has 0 amide bonds. The van der Waals surface area contributed by atoms with E-state index in [-0.39, 0.29) is 50.8 Å². The van der Waals surface area contributed by atoms with Gasteiger partial charge in [0.05, 0.1) is 44.5 Å². The third-order valence-electron chi connectivity index (χ3n) is 15.8. The number of hydrogen-bond acceptors (Lipinski definition) is 24. The van der Waals surface area contributed by atoms with E-state index in [1.165, 1.54) is 54.4 Å². The van der Waals surface area contributed by atoms with E-state index in [0.29, 0.717) is 11.4 Å². The topological polar surface area (TPSA) is 398 Å². The first-order valence-corrected chi connectivity index (χ1v) is 33.3. The second-order valence-electron chi connectivity index (χ2n) is 24.5. The third kappa shape index (κ3) is 34.0. The number of halogens is 1. The van der Waals surface area contributed by atoms with E-state index in [2.05, 4.69) is 52.8 Å². The zero-order valence-corrected chi connectivity index (χ0v) is 63.5. The molecule has 29 nitrogen and oxygen atoms in total. The van der Waals surface area contributed by atoms with Gasteiger partial charge in [-0.25, -0.2) is 4.39 Å². The lowest BCUT2D eigenvalue weighted by Crippen LogP contribution is -2.44. The number of methoxy groups -OCH3 is 2. The number of hydrogen-bond donors (Lipinski definition) is 6. The molecule has 0 saturated carbocycles. The number of benzene rings is 9. The van der Waals surface area contributed by atoms with Crippen LogP contribution in [0.4, 0.5) is 78.3 Å². The molecule has 0 aromatic heterocycles. The fourth-order valence-electron chi connectivity index (χ4n) is 9.48. The number of nitrogens with two attached hydrogens (primary N) is 4. The minimum absolute atomic E-state index is 0. The molecule has 0 bridgehead atoms. The molecule has 11 rings (SSSR count). The van der Waals surface area contributed by atoms with Crippen LogP contribution in [0.15, 0.2) is 188 Å². The van der Waals surface area contributed by atoms with Crippen molar-refractivity contribution in [2.45, 2.75) is 49.0 Å². The number of nitro groups is 5. The van der Waals surface area contributed by atoms with Gasteiger partial charge in [-0.3, -0.25) is 50.6 Å². The van der Waals surface area contributed by atoms with E-state index in [0.717, 1.165) is 146 Å². The molecule has 108 heavy (non-hydrogen) atoms. The van der Waals surface area contributed by atoms with E-state index in [9.17, 15) is 55.0 Å². The second kappa shape index (κ2) is 48.6. The molecular formula is C78H112FN15O14. The summed E-state index contributed by atoms with van der Waals surface area (Å²) < 4.78 is 21.9. The molecule has 2 saturated heterocycles. The second-order valence-corrected chi connectivity index (χ2v) is 24.5. The van der Waals surface area contributed by atoms with Gasteiger partial charge >= 0.3 is 11.4 Å². The smallest absolute Gasteiger partial charge is 0.311 e. The number of nitro benzene ring substituents is 5. The van der Waals surface area contributed by atoms with Crippen LogP contribution in [-0.2, 0) is 0 Å². The summed E-state index contributed by atoms with van der Waals surface area (Å²) >= 11 is 0. The van der Waals surface area contributed by atoms with E-state index in [1.807, 2.05) is 138 Å². The monoisotopic (exact) mass is 1500 g/mol. The summed E-state index contributed by atoms with van der Waals surface area (Å²) in [6.07, 6.45) is 0. The third-order valence-corrected chi connectivity index (χ3v) is 15.8. The van der Waals surface area contributed by atoms with Gasteiger partial charge in [0.1, 0.15) is 11.6 Å². The van der Waals surface area contributed by atoms with Crippen LogP contribution in [0, 0.1) is 97.9 Å². The van der Waals surface area contributed by atoms with Crippen molar-refractivity contribution in [2.75, 3.05) is 159 Å². The number of ether oxygens (including phenoxy) is 2.